The lowest BCUT2D eigenvalue weighted by Crippen LogP contribution is -2.42. The fraction of sp³-hybridized carbons (Fsp3) is 0.837. The van der Waals surface area contributed by atoms with Crippen LogP contribution in [0.4, 0.5) is 4.79 Å². The third-order valence-electron chi connectivity index (χ3n) is 9.44. The number of phosphoric ester groups is 2. The second kappa shape index (κ2) is 39.4. The first-order valence-electron chi connectivity index (χ1n) is 23.5. The molecule has 68 heavy (non-hydrogen) atoms. The van der Waals surface area contributed by atoms with Gasteiger partial charge in [0.15, 0.2) is 0 Å². The number of Topliss-reactive ketones (excluding diaryl/α,β-unsaturated/α-hetero) is 2. The summed E-state index contributed by atoms with van der Waals surface area (Å²) in [5.41, 5.74) is 0. The van der Waals surface area contributed by atoms with Gasteiger partial charge in [-0.05, 0) is 39.5 Å². The number of hydrogen-bond donors (Lipinski definition) is 6. The molecule has 0 aromatic carbocycles. The summed E-state index contributed by atoms with van der Waals surface area (Å²) < 4.78 is 67.2. The smallest absolute Gasteiger partial charge is 0.462 e. The predicted molar refractivity (Wildman–Crippen MR) is 248 cm³/mol. The van der Waals surface area contributed by atoms with E-state index in [9.17, 15) is 52.5 Å². The first kappa shape index (κ1) is 64.6. The highest BCUT2D eigenvalue weighted by Gasteiger charge is 2.27. The third-order valence-corrected chi connectivity index (χ3v) is 11.4. The topological polar surface area (TPSA) is 316 Å². The molecule has 0 heterocycles. The van der Waals surface area contributed by atoms with Crippen molar-refractivity contribution >= 4 is 57.0 Å². The van der Waals surface area contributed by atoms with Gasteiger partial charge >= 0.3 is 33.6 Å². The Morgan fingerprint density at radius 3 is 1.19 bits per heavy atom. The molecule has 25 heteroatoms. The maximum absolute atomic E-state index is 12.6. The van der Waals surface area contributed by atoms with Crippen molar-refractivity contribution < 1.29 is 89.5 Å². The molecule has 0 saturated carbocycles. The molecule has 0 radical (unpaired) electrons. The molecule has 0 aliphatic rings. The minimum absolute atomic E-state index is 0.135. The predicted octanol–water partition coefficient (Wildman–Crippen LogP) is 4.88. The van der Waals surface area contributed by atoms with Gasteiger partial charge in [-0.3, -0.25) is 46.9 Å². The summed E-state index contributed by atoms with van der Waals surface area (Å²) in [5.74, 6) is -2.97. The highest BCUT2D eigenvalue weighted by atomic mass is 31.2. The number of urea groups is 1. The second-order valence-corrected chi connectivity index (χ2v) is 19.2. The molecule has 396 valence electrons. The summed E-state index contributed by atoms with van der Waals surface area (Å²) in [6.45, 7) is 6.61. The molecule has 0 aromatic rings. The van der Waals surface area contributed by atoms with E-state index in [-0.39, 0.29) is 51.7 Å². The molecule has 4 amide bonds. The van der Waals surface area contributed by atoms with Crippen molar-refractivity contribution in [1.82, 2.24) is 21.3 Å². The van der Waals surface area contributed by atoms with Crippen LogP contribution >= 0.6 is 15.6 Å². The summed E-state index contributed by atoms with van der Waals surface area (Å²) in [7, 11) is -9.45. The van der Waals surface area contributed by atoms with Gasteiger partial charge in [-0.15, -0.1) is 0 Å². The number of phosphoric acid groups is 2. The number of ketones is 2. The Balaban J connectivity index is 4.87. The van der Waals surface area contributed by atoms with E-state index in [1.165, 1.54) is 27.7 Å². The summed E-state index contributed by atoms with van der Waals surface area (Å²) in [4.78, 5) is 103. The molecule has 0 aliphatic carbocycles. The van der Waals surface area contributed by atoms with Gasteiger partial charge in [0.25, 0.3) is 0 Å². The van der Waals surface area contributed by atoms with E-state index in [4.69, 9.17) is 37.0 Å². The van der Waals surface area contributed by atoms with E-state index in [1.54, 1.807) is 0 Å². The van der Waals surface area contributed by atoms with Crippen LogP contribution in [0, 0.1) is 0 Å². The van der Waals surface area contributed by atoms with Gasteiger partial charge in [-0.25, -0.2) is 13.9 Å². The van der Waals surface area contributed by atoms with Crippen molar-refractivity contribution in [1.29, 1.82) is 0 Å². The Kier molecular flexibility index (Phi) is 37.4. The van der Waals surface area contributed by atoms with Crippen LogP contribution in [0.2, 0.25) is 0 Å². The van der Waals surface area contributed by atoms with Crippen molar-refractivity contribution in [2.45, 2.75) is 169 Å². The highest BCUT2D eigenvalue weighted by Crippen LogP contribution is 2.43. The Bertz CT molecular complexity index is 1460. The minimum Gasteiger partial charge on any atom is -0.462 e. The summed E-state index contributed by atoms with van der Waals surface area (Å²) >= 11 is 0. The van der Waals surface area contributed by atoms with Crippen LogP contribution < -0.4 is 21.3 Å². The minimum atomic E-state index is -4.72. The zero-order valence-corrected chi connectivity index (χ0v) is 42.7. The third kappa shape index (κ3) is 40.5. The maximum atomic E-state index is 12.6. The zero-order valence-electron chi connectivity index (χ0n) is 40.9. The lowest BCUT2D eigenvalue weighted by molar-refractivity contribution is -0.148. The van der Waals surface area contributed by atoms with Gasteiger partial charge < -0.3 is 50.0 Å². The van der Waals surface area contributed by atoms with Crippen molar-refractivity contribution in [2.24, 2.45) is 0 Å². The highest BCUT2D eigenvalue weighted by molar-refractivity contribution is 7.47. The number of carbonyl (C=O) groups excluding carboxylic acids is 7. The number of carbonyl (C=O) groups is 7. The molecule has 0 aliphatic heterocycles. The standard InChI is InChI=1S/C43H80N4O19P2/c1-7-9-11-13-15-17-39(65-35(5)50)19-23-59-29-37(46-41(52)27-33(3)48)31-63-67(55,56)61-25-21-44-43(54)45-22-26-62-68(57,58)64-32-38(47-42(53)28-34(4)49)30-60-24-20-40(66-36(6)51)18-16-14-12-10-8-2/h37-40H,7-32H2,1-6H3,(H,46,52)(H,47,53)(H,55,56)(H,57,58)(H2,44,45,54)/t37-,38-,39-,40-/m1/s1. The van der Waals surface area contributed by atoms with Crippen molar-refractivity contribution in [3.8, 4) is 0 Å². The average Bonchev–Trinajstić information content (AvgIpc) is 3.23. The SMILES string of the molecule is CCCCCCC[C@H](CCOC[C@H](COP(=O)(O)OCCNC(=O)NCCOP(=O)(O)OC[C@@H](COCC[C@@H](CCCCCCC)OC(C)=O)NC(=O)CC(C)=O)NC(=O)CC(C)=O)OC(C)=O. The fourth-order valence-corrected chi connectivity index (χ4v) is 7.78. The molecular weight excluding hydrogens is 938 g/mol. The van der Waals surface area contributed by atoms with Crippen LogP contribution in [0.15, 0.2) is 0 Å². The number of ether oxygens (including phenoxy) is 4. The Morgan fingerprint density at radius 2 is 0.853 bits per heavy atom. The van der Waals surface area contributed by atoms with Gasteiger partial charge in [0, 0.05) is 39.8 Å². The first-order valence-corrected chi connectivity index (χ1v) is 26.5. The van der Waals surface area contributed by atoms with E-state index >= 15 is 0 Å². The van der Waals surface area contributed by atoms with Crippen molar-refractivity contribution in [2.75, 3.05) is 65.9 Å². The van der Waals surface area contributed by atoms with Crippen molar-refractivity contribution in [3.63, 3.8) is 0 Å². The number of esters is 2. The number of nitrogens with one attached hydrogen (secondary N) is 4. The average molecular weight is 1020 g/mol. The van der Waals surface area contributed by atoms with Gasteiger partial charge in [-0.1, -0.05) is 65.2 Å². The van der Waals surface area contributed by atoms with Crippen LogP contribution in [0.3, 0.4) is 0 Å². The van der Waals surface area contributed by atoms with Crippen LogP contribution in [0.5, 0.6) is 0 Å². The molecule has 0 aromatic heterocycles. The molecule has 6 atom stereocenters. The molecule has 0 saturated heterocycles. The second-order valence-electron chi connectivity index (χ2n) is 16.3. The maximum Gasteiger partial charge on any atom is 0.472 e. The Morgan fingerprint density at radius 1 is 0.485 bits per heavy atom. The van der Waals surface area contributed by atoms with E-state index in [0.717, 1.165) is 64.2 Å². The molecule has 0 rings (SSSR count). The van der Waals surface area contributed by atoms with Gasteiger partial charge in [0.1, 0.15) is 23.8 Å². The lowest BCUT2D eigenvalue weighted by Gasteiger charge is -2.22. The molecular formula is C43H80N4O19P2. The normalized spacial score (nSPS) is 14.8. The number of rotatable bonds is 44. The van der Waals surface area contributed by atoms with E-state index < -0.39 is 108 Å². The van der Waals surface area contributed by atoms with Crippen LogP contribution in [0.1, 0.15) is 144 Å². The van der Waals surface area contributed by atoms with Crippen LogP contribution in [-0.4, -0.2) is 141 Å². The lowest BCUT2D eigenvalue weighted by atomic mass is 10.1. The molecule has 6 N–H and O–H groups in total. The van der Waals surface area contributed by atoms with Gasteiger partial charge in [0.05, 0.1) is 77.8 Å². The molecule has 0 bridgehead atoms. The van der Waals surface area contributed by atoms with E-state index in [1.807, 2.05) is 0 Å². The summed E-state index contributed by atoms with van der Waals surface area (Å²) in [5, 5.41) is 9.72. The van der Waals surface area contributed by atoms with E-state index in [0.29, 0.717) is 25.7 Å². The van der Waals surface area contributed by atoms with Crippen LogP contribution in [-0.2, 0) is 74.9 Å². The number of unbranched alkanes of at least 4 members (excludes halogenated alkanes) is 8. The van der Waals surface area contributed by atoms with Gasteiger partial charge in [-0.2, -0.15) is 0 Å². The molecule has 0 fully saturated rings. The first-order chi connectivity index (χ1) is 32.2. The Labute approximate surface area is 401 Å². The Hall–Kier alpha value is -3.37. The summed E-state index contributed by atoms with van der Waals surface area (Å²) in [6, 6.07) is -2.73. The monoisotopic (exact) mass is 1020 g/mol. The van der Waals surface area contributed by atoms with E-state index in [2.05, 4.69) is 35.1 Å². The quantitative estimate of drug-likeness (QED) is 0.0205. The molecule has 2 unspecified atom stereocenters. The number of amides is 4. The summed E-state index contributed by atoms with van der Waals surface area (Å²) in [6.07, 6.45) is 10.8. The van der Waals surface area contributed by atoms with Crippen molar-refractivity contribution in [3.05, 3.63) is 0 Å². The number of hydrogen-bond acceptors (Lipinski definition) is 17. The molecule has 23 nitrogen and oxygen atoms in total. The fourth-order valence-electron chi connectivity index (χ4n) is 6.25. The molecule has 0 spiro atoms. The van der Waals surface area contributed by atoms with Crippen LogP contribution in [0.25, 0.3) is 0 Å². The zero-order chi connectivity index (χ0) is 51.2. The van der Waals surface area contributed by atoms with Gasteiger partial charge in [0.2, 0.25) is 11.8 Å². The largest absolute Gasteiger partial charge is 0.472 e.